The van der Waals surface area contributed by atoms with E-state index in [0.29, 0.717) is 34.9 Å². The molecule has 1 saturated heterocycles. The van der Waals surface area contributed by atoms with Crippen molar-refractivity contribution < 1.29 is 33.3 Å². The second-order valence-corrected chi connectivity index (χ2v) is 11.4. The van der Waals surface area contributed by atoms with Crippen molar-refractivity contribution in [3.8, 4) is 11.5 Å². The summed E-state index contributed by atoms with van der Waals surface area (Å²) in [6.07, 6.45) is 2.11. The number of benzene rings is 2. The standard InChI is InChI=1S/C34H36N2O7/c1-17-18(2)32(41-6)33(42-7)26-21(17)13-23-28-27-22(29(37)19(3)31(40-5)30(27)38)14-24(35(28)4)34(39)36(23)25(26)16-43-15-20-11-9-8-10-12-20/h8-13,24-25,28H,14-16H2,1-7H3/t24-,25+,28+/m1/s1. The zero-order valence-corrected chi connectivity index (χ0v) is 25.6. The topological polar surface area (TPSA) is 94.6 Å². The van der Waals surface area contributed by atoms with Gasteiger partial charge in [0.2, 0.25) is 11.7 Å². The predicted octanol–water partition coefficient (Wildman–Crippen LogP) is 4.22. The quantitative estimate of drug-likeness (QED) is 0.447. The number of allylic oxidation sites excluding steroid dienone is 2. The molecule has 3 heterocycles. The van der Waals surface area contributed by atoms with Crippen molar-refractivity contribution in [2.75, 3.05) is 35.0 Å². The van der Waals surface area contributed by atoms with E-state index in [4.69, 9.17) is 18.9 Å². The van der Waals surface area contributed by atoms with E-state index in [1.54, 1.807) is 26.0 Å². The molecule has 6 rings (SSSR count). The molecule has 0 aromatic heterocycles. The molecular formula is C34H36N2O7. The number of carbonyl (C=O) groups is 3. The van der Waals surface area contributed by atoms with E-state index >= 15 is 0 Å². The number of likely N-dealkylation sites (N-methyl/N-ethyl adjacent to an activating group) is 1. The summed E-state index contributed by atoms with van der Waals surface area (Å²) in [6, 6.07) is 8.02. The summed E-state index contributed by atoms with van der Waals surface area (Å²) in [4.78, 5) is 45.5. The minimum atomic E-state index is -0.632. The van der Waals surface area contributed by atoms with E-state index in [9.17, 15) is 14.4 Å². The van der Waals surface area contributed by atoms with Gasteiger partial charge in [-0.25, -0.2) is 0 Å². The second-order valence-electron chi connectivity index (χ2n) is 11.4. The molecule has 224 valence electrons. The van der Waals surface area contributed by atoms with Crippen molar-refractivity contribution in [2.45, 2.75) is 51.9 Å². The number of ketones is 2. The van der Waals surface area contributed by atoms with Crippen LogP contribution >= 0.6 is 0 Å². The first-order valence-electron chi connectivity index (χ1n) is 14.4. The van der Waals surface area contributed by atoms with Gasteiger partial charge in [-0.05, 0) is 56.1 Å². The fourth-order valence-corrected chi connectivity index (χ4v) is 7.11. The molecule has 4 aliphatic rings. The molecular weight excluding hydrogens is 548 g/mol. The van der Waals surface area contributed by atoms with Gasteiger partial charge in [0.25, 0.3) is 0 Å². The van der Waals surface area contributed by atoms with Crippen LogP contribution in [0.1, 0.15) is 47.2 Å². The largest absolute Gasteiger partial charge is 0.493 e. The first-order chi connectivity index (χ1) is 20.7. The molecule has 1 amide bonds. The summed E-state index contributed by atoms with van der Waals surface area (Å²) in [5, 5.41) is 0. The fourth-order valence-electron chi connectivity index (χ4n) is 7.11. The normalized spacial score (nSPS) is 23.1. The van der Waals surface area contributed by atoms with E-state index in [1.807, 2.05) is 62.2 Å². The first kappa shape index (κ1) is 28.9. The molecule has 43 heavy (non-hydrogen) atoms. The molecule has 1 aliphatic carbocycles. The van der Waals surface area contributed by atoms with Crippen LogP contribution in [0.15, 0.2) is 58.5 Å². The minimum absolute atomic E-state index is 0.0528. The van der Waals surface area contributed by atoms with E-state index in [2.05, 4.69) is 0 Å². The Morgan fingerprint density at radius 3 is 2.23 bits per heavy atom. The van der Waals surface area contributed by atoms with Gasteiger partial charge >= 0.3 is 0 Å². The average molecular weight is 585 g/mol. The fraction of sp³-hybridized carbons (Fsp3) is 0.382. The van der Waals surface area contributed by atoms with Crippen molar-refractivity contribution in [3.63, 3.8) is 0 Å². The lowest BCUT2D eigenvalue weighted by Crippen LogP contribution is -2.64. The van der Waals surface area contributed by atoms with Crippen molar-refractivity contribution in [1.29, 1.82) is 0 Å². The zero-order chi connectivity index (χ0) is 30.7. The molecule has 0 N–H and O–H groups in total. The highest BCUT2D eigenvalue weighted by atomic mass is 16.5. The highest BCUT2D eigenvalue weighted by Gasteiger charge is 2.55. The number of ether oxygens (including phenoxy) is 4. The summed E-state index contributed by atoms with van der Waals surface area (Å²) in [5.41, 5.74) is 6.24. The van der Waals surface area contributed by atoms with Gasteiger partial charge in [0, 0.05) is 34.4 Å². The number of carbonyl (C=O) groups excluding carboxylic acids is 3. The summed E-state index contributed by atoms with van der Waals surface area (Å²) in [6.45, 7) is 6.12. The third-order valence-corrected chi connectivity index (χ3v) is 9.37. The molecule has 9 heteroatoms. The van der Waals surface area contributed by atoms with Crippen LogP contribution in [0.2, 0.25) is 0 Å². The molecule has 3 aliphatic heterocycles. The monoisotopic (exact) mass is 584 g/mol. The summed E-state index contributed by atoms with van der Waals surface area (Å²) < 4.78 is 23.5. The molecule has 0 radical (unpaired) electrons. The van der Waals surface area contributed by atoms with Gasteiger partial charge in [-0.15, -0.1) is 0 Å². The Kier molecular flexibility index (Phi) is 7.26. The molecule has 1 fully saturated rings. The van der Waals surface area contributed by atoms with Crippen molar-refractivity contribution in [2.24, 2.45) is 0 Å². The SMILES string of the molecule is COC1=C(C)C(=O)C2=C(C1=O)[C@@H]1C3=Cc4c(C)c(C)c(OC)c(OC)c4[C@H](COCc4ccccc4)N3C(=O)[C@@H](C2)N1C. The Hall–Kier alpha value is -4.21. The number of hydrogen-bond donors (Lipinski definition) is 0. The minimum Gasteiger partial charge on any atom is -0.493 e. The van der Waals surface area contributed by atoms with Crippen LogP contribution in [0.25, 0.3) is 6.08 Å². The third kappa shape index (κ3) is 4.17. The maximum atomic E-state index is 14.5. The number of Topliss-reactive ketones (excluding diaryl/α,β-unsaturated/α-hetero) is 2. The van der Waals surface area contributed by atoms with Gasteiger partial charge in [-0.3, -0.25) is 19.3 Å². The van der Waals surface area contributed by atoms with Crippen LogP contribution < -0.4 is 9.47 Å². The lowest BCUT2D eigenvalue weighted by molar-refractivity contribution is -0.145. The van der Waals surface area contributed by atoms with Gasteiger partial charge < -0.3 is 23.8 Å². The van der Waals surface area contributed by atoms with Crippen LogP contribution in [0.5, 0.6) is 11.5 Å². The van der Waals surface area contributed by atoms with Crippen LogP contribution in [0.3, 0.4) is 0 Å². The Bertz CT molecular complexity index is 1650. The van der Waals surface area contributed by atoms with Crippen LogP contribution in [0.4, 0.5) is 0 Å². The number of hydrogen-bond acceptors (Lipinski definition) is 8. The number of nitrogens with zero attached hydrogens (tertiary/aromatic N) is 2. The number of piperazine rings is 1. The predicted molar refractivity (Wildman–Crippen MR) is 159 cm³/mol. The highest BCUT2D eigenvalue weighted by molar-refractivity contribution is 6.25. The van der Waals surface area contributed by atoms with Gasteiger partial charge in [-0.1, -0.05) is 30.3 Å². The van der Waals surface area contributed by atoms with Gasteiger partial charge in [0.1, 0.15) is 0 Å². The number of amides is 1. The maximum absolute atomic E-state index is 14.5. The lowest BCUT2D eigenvalue weighted by Gasteiger charge is -2.54. The van der Waals surface area contributed by atoms with E-state index in [-0.39, 0.29) is 41.8 Å². The van der Waals surface area contributed by atoms with Crippen molar-refractivity contribution in [1.82, 2.24) is 9.80 Å². The smallest absolute Gasteiger partial charge is 0.245 e. The third-order valence-electron chi connectivity index (χ3n) is 9.37. The summed E-state index contributed by atoms with van der Waals surface area (Å²) in [7, 11) is 6.45. The second kappa shape index (κ2) is 10.8. The Labute approximate surface area is 251 Å². The Morgan fingerprint density at radius 1 is 0.884 bits per heavy atom. The summed E-state index contributed by atoms with van der Waals surface area (Å²) >= 11 is 0. The van der Waals surface area contributed by atoms with Crippen LogP contribution in [0, 0.1) is 13.8 Å². The Morgan fingerprint density at radius 2 is 1.58 bits per heavy atom. The first-order valence-corrected chi connectivity index (χ1v) is 14.4. The van der Waals surface area contributed by atoms with Crippen LogP contribution in [-0.2, 0) is 30.5 Å². The number of rotatable bonds is 7. The molecule has 2 aromatic carbocycles. The van der Waals surface area contributed by atoms with E-state index in [0.717, 1.165) is 27.8 Å². The lowest BCUT2D eigenvalue weighted by atomic mass is 9.73. The van der Waals surface area contributed by atoms with E-state index < -0.39 is 18.1 Å². The average Bonchev–Trinajstić information content (AvgIpc) is 3.00. The molecule has 3 atom stereocenters. The highest BCUT2D eigenvalue weighted by Crippen LogP contribution is 2.53. The van der Waals surface area contributed by atoms with Crippen molar-refractivity contribution in [3.05, 3.63) is 86.3 Å². The molecule has 2 bridgehead atoms. The molecule has 9 nitrogen and oxygen atoms in total. The number of fused-ring (bicyclic) bond motifs is 6. The van der Waals surface area contributed by atoms with Gasteiger partial charge in [0.15, 0.2) is 23.0 Å². The molecule has 0 saturated carbocycles. The maximum Gasteiger partial charge on any atom is 0.245 e. The molecule has 0 unspecified atom stereocenters. The van der Waals surface area contributed by atoms with Crippen LogP contribution in [-0.4, -0.2) is 74.3 Å². The van der Waals surface area contributed by atoms with Gasteiger partial charge in [-0.2, -0.15) is 0 Å². The number of methoxy groups -OCH3 is 3. The molecule has 0 spiro atoms. The van der Waals surface area contributed by atoms with Crippen molar-refractivity contribution >= 4 is 23.5 Å². The Balaban J connectivity index is 1.55. The zero-order valence-electron chi connectivity index (χ0n) is 25.6. The summed E-state index contributed by atoms with van der Waals surface area (Å²) in [5.74, 6) is 0.488. The van der Waals surface area contributed by atoms with Gasteiger partial charge in [0.05, 0.1) is 52.7 Å². The molecule has 2 aromatic rings. The van der Waals surface area contributed by atoms with E-state index in [1.165, 1.54) is 7.11 Å².